The van der Waals surface area contributed by atoms with Gasteiger partial charge in [-0.05, 0) is 54.5 Å². The zero-order chi connectivity index (χ0) is 19.0. The van der Waals surface area contributed by atoms with Crippen LogP contribution in [-0.4, -0.2) is 31.0 Å². The van der Waals surface area contributed by atoms with Gasteiger partial charge in [0.15, 0.2) is 5.82 Å². The third kappa shape index (κ3) is 3.39. The number of tetrazole rings is 1. The molecule has 9 heteroatoms. The minimum Gasteiger partial charge on any atom is -0.322 e. The van der Waals surface area contributed by atoms with Crippen LogP contribution in [-0.2, 0) is 0 Å². The number of rotatable bonds is 5. The Hall–Kier alpha value is -3.62. The quantitative estimate of drug-likeness (QED) is 0.549. The van der Waals surface area contributed by atoms with Gasteiger partial charge in [-0.3, -0.25) is 14.9 Å². The maximum Gasteiger partial charge on any atom is 0.272 e. The average molecular weight is 364 g/mol. The summed E-state index contributed by atoms with van der Waals surface area (Å²) in [4.78, 5) is 22.9. The Balaban J connectivity index is 1.56. The molecule has 1 N–H and O–H groups in total. The average Bonchev–Trinajstić information content (AvgIpc) is 3.38. The molecule has 0 aliphatic heterocycles. The Morgan fingerprint density at radius 2 is 2.07 bits per heavy atom. The van der Waals surface area contributed by atoms with E-state index in [0.29, 0.717) is 28.7 Å². The monoisotopic (exact) mass is 364 g/mol. The summed E-state index contributed by atoms with van der Waals surface area (Å²) >= 11 is 0. The van der Waals surface area contributed by atoms with E-state index in [-0.39, 0.29) is 11.6 Å². The van der Waals surface area contributed by atoms with Gasteiger partial charge in [0, 0.05) is 28.4 Å². The third-order valence-corrected chi connectivity index (χ3v) is 4.42. The number of nitrogens with zero attached hydrogens (tertiary/aromatic N) is 5. The van der Waals surface area contributed by atoms with Crippen LogP contribution < -0.4 is 5.32 Å². The molecular formula is C18H16N6O3. The molecule has 0 unspecified atom stereocenters. The van der Waals surface area contributed by atoms with Crippen LogP contribution in [0, 0.1) is 17.0 Å². The number of aryl methyl sites for hydroxylation is 1. The second kappa shape index (κ2) is 6.60. The molecule has 1 fully saturated rings. The number of hydrogen-bond donors (Lipinski definition) is 1. The van der Waals surface area contributed by atoms with Crippen LogP contribution in [0.1, 0.15) is 34.8 Å². The van der Waals surface area contributed by atoms with Crippen LogP contribution in [0.25, 0.3) is 11.4 Å². The van der Waals surface area contributed by atoms with Gasteiger partial charge in [0.25, 0.3) is 11.6 Å². The number of amides is 1. The topological polar surface area (TPSA) is 116 Å². The van der Waals surface area contributed by atoms with Gasteiger partial charge < -0.3 is 5.32 Å². The fourth-order valence-electron chi connectivity index (χ4n) is 2.89. The first-order valence-corrected chi connectivity index (χ1v) is 8.47. The summed E-state index contributed by atoms with van der Waals surface area (Å²) in [6.07, 6.45) is 2.13. The number of nitrogens with one attached hydrogen (secondary N) is 1. The standard InChI is InChI=1S/C18H16N6O3/c1-11-9-13(5-8-16(11)24(26)27)18(25)19-14-4-2-3-12(10-14)17-20-21-22-23(17)15-6-7-15/h2-5,8-10,15H,6-7H2,1H3,(H,19,25). The van der Waals surface area contributed by atoms with E-state index in [1.165, 1.54) is 18.2 Å². The summed E-state index contributed by atoms with van der Waals surface area (Å²) in [5.41, 5.74) is 2.18. The third-order valence-electron chi connectivity index (χ3n) is 4.42. The van der Waals surface area contributed by atoms with Crippen molar-refractivity contribution in [1.29, 1.82) is 0 Å². The van der Waals surface area contributed by atoms with Crippen molar-refractivity contribution in [3.63, 3.8) is 0 Å². The molecule has 1 aliphatic carbocycles. The molecule has 0 saturated heterocycles. The first-order valence-electron chi connectivity index (χ1n) is 8.47. The fraction of sp³-hybridized carbons (Fsp3) is 0.222. The van der Waals surface area contributed by atoms with Crippen molar-refractivity contribution in [2.24, 2.45) is 0 Å². The number of anilines is 1. The summed E-state index contributed by atoms with van der Waals surface area (Å²) < 4.78 is 1.81. The lowest BCUT2D eigenvalue weighted by molar-refractivity contribution is -0.385. The molecule has 0 spiro atoms. The zero-order valence-corrected chi connectivity index (χ0v) is 14.5. The second-order valence-electron chi connectivity index (χ2n) is 6.47. The predicted molar refractivity (Wildman–Crippen MR) is 97.3 cm³/mol. The summed E-state index contributed by atoms with van der Waals surface area (Å²) in [5, 5.41) is 25.6. The number of nitro groups is 1. The lowest BCUT2D eigenvalue weighted by Gasteiger charge is -2.08. The highest BCUT2D eigenvalue weighted by Crippen LogP contribution is 2.36. The van der Waals surface area contributed by atoms with Crippen molar-refractivity contribution >= 4 is 17.3 Å². The number of hydrogen-bond acceptors (Lipinski definition) is 6. The zero-order valence-electron chi connectivity index (χ0n) is 14.5. The van der Waals surface area contributed by atoms with E-state index in [0.717, 1.165) is 18.4 Å². The van der Waals surface area contributed by atoms with Gasteiger partial charge in [-0.25, -0.2) is 4.68 Å². The maximum absolute atomic E-state index is 12.5. The molecule has 136 valence electrons. The van der Waals surface area contributed by atoms with Gasteiger partial charge in [0.05, 0.1) is 11.0 Å². The minimum atomic E-state index is -0.468. The lowest BCUT2D eigenvalue weighted by Crippen LogP contribution is -2.12. The summed E-state index contributed by atoms with van der Waals surface area (Å²) in [7, 11) is 0. The fourth-order valence-corrected chi connectivity index (χ4v) is 2.89. The van der Waals surface area contributed by atoms with E-state index >= 15 is 0 Å². The molecule has 1 aliphatic rings. The van der Waals surface area contributed by atoms with E-state index in [2.05, 4.69) is 20.8 Å². The van der Waals surface area contributed by atoms with Crippen molar-refractivity contribution in [2.45, 2.75) is 25.8 Å². The van der Waals surface area contributed by atoms with E-state index in [9.17, 15) is 14.9 Å². The molecule has 27 heavy (non-hydrogen) atoms. The van der Waals surface area contributed by atoms with Gasteiger partial charge in [0.1, 0.15) is 0 Å². The van der Waals surface area contributed by atoms with Crippen molar-refractivity contribution in [2.75, 3.05) is 5.32 Å². The normalized spacial score (nSPS) is 13.4. The lowest BCUT2D eigenvalue weighted by atomic mass is 10.1. The highest BCUT2D eigenvalue weighted by atomic mass is 16.6. The summed E-state index contributed by atoms with van der Waals surface area (Å²) in [6.45, 7) is 1.60. The van der Waals surface area contributed by atoms with E-state index in [4.69, 9.17) is 0 Å². The van der Waals surface area contributed by atoms with Crippen LogP contribution in [0.4, 0.5) is 11.4 Å². The molecule has 1 amide bonds. The molecule has 0 radical (unpaired) electrons. The minimum absolute atomic E-state index is 0.0135. The Morgan fingerprint density at radius 3 is 2.78 bits per heavy atom. The van der Waals surface area contributed by atoms with Crippen LogP contribution in [0.2, 0.25) is 0 Å². The molecule has 1 aromatic heterocycles. The van der Waals surface area contributed by atoms with Crippen LogP contribution in [0.5, 0.6) is 0 Å². The van der Waals surface area contributed by atoms with Crippen LogP contribution >= 0.6 is 0 Å². The number of aromatic nitrogens is 4. The van der Waals surface area contributed by atoms with Gasteiger partial charge in [-0.1, -0.05) is 12.1 Å². The number of carbonyl (C=O) groups is 1. The van der Waals surface area contributed by atoms with Crippen molar-refractivity contribution in [3.05, 3.63) is 63.7 Å². The van der Waals surface area contributed by atoms with Gasteiger partial charge in [-0.2, -0.15) is 0 Å². The first kappa shape index (κ1) is 16.8. The number of carbonyl (C=O) groups excluding carboxylic acids is 1. The van der Waals surface area contributed by atoms with Crippen LogP contribution in [0.3, 0.4) is 0 Å². The Bertz CT molecular complexity index is 1040. The van der Waals surface area contributed by atoms with E-state index in [1.54, 1.807) is 23.7 Å². The summed E-state index contributed by atoms with van der Waals surface area (Å²) in [5.74, 6) is 0.326. The van der Waals surface area contributed by atoms with E-state index < -0.39 is 4.92 Å². The molecule has 0 atom stereocenters. The highest BCUT2D eigenvalue weighted by molar-refractivity contribution is 6.04. The van der Waals surface area contributed by atoms with Crippen molar-refractivity contribution in [1.82, 2.24) is 20.2 Å². The van der Waals surface area contributed by atoms with Gasteiger partial charge in [0.2, 0.25) is 0 Å². The molecule has 1 heterocycles. The smallest absolute Gasteiger partial charge is 0.272 e. The molecule has 3 aromatic rings. The predicted octanol–water partition coefficient (Wildman–Crippen LogP) is 3.14. The first-order chi connectivity index (χ1) is 13.0. The summed E-state index contributed by atoms with van der Waals surface area (Å²) in [6, 6.07) is 11.9. The SMILES string of the molecule is Cc1cc(C(=O)Nc2cccc(-c3nnnn3C3CC3)c2)ccc1[N+](=O)[O-]. The Morgan fingerprint density at radius 1 is 1.26 bits per heavy atom. The highest BCUT2D eigenvalue weighted by Gasteiger charge is 2.28. The largest absolute Gasteiger partial charge is 0.322 e. The number of benzene rings is 2. The Labute approximate surface area is 154 Å². The number of nitro benzene ring substituents is 1. The molecule has 1 saturated carbocycles. The molecule has 2 aromatic carbocycles. The van der Waals surface area contributed by atoms with Crippen LogP contribution in [0.15, 0.2) is 42.5 Å². The van der Waals surface area contributed by atoms with E-state index in [1.807, 2.05) is 12.1 Å². The molecule has 4 rings (SSSR count). The molecule has 9 nitrogen and oxygen atoms in total. The maximum atomic E-state index is 12.5. The van der Waals surface area contributed by atoms with Crippen molar-refractivity contribution in [3.8, 4) is 11.4 Å². The van der Waals surface area contributed by atoms with Gasteiger partial charge in [-0.15, -0.1) is 5.10 Å². The van der Waals surface area contributed by atoms with Gasteiger partial charge >= 0.3 is 0 Å². The second-order valence-corrected chi connectivity index (χ2v) is 6.47. The van der Waals surface area contributed by atoms with Crippen molar-refractivity contribution < 1.29 is 9.72 Å². The molecular weight excluding hydrogens is 348 g/mol. The molecule has 0 bridgehead atoms. The Kier molecular flexibility index (Phi) is 4.11.